The van der Waals surface area contributed by atoms with Crippen molar-refractivity contribution in [3.05, 3.63) is 29.8 Å². The molecule has 23 heavy (non-hydrogen) atoms. The molecule has 1 saturated heterocycles. The van der Waals surface area contributed by atoms with Gasteiger partial charge in [-0.25, -0.2) is 0 Å². The number of thioether (sulfide) groups is 1. The number of amides is 1. The molecule has 2 heterocycles. The van der Waals surface area contributed by atoms with Gasteiger partial charge in [-0.05, 0) is 12.5 Å². The highest BCUT2D eigenvalue weighted by molar-refractivity contribution is 7.99. The van der Waals surface area contributed by atoms with Crippen molar-refractivity contribution in [3.8, 4) is 11.4 Å². The summed E-state index contributed by atoms with van der Waals surface area (Å²) in [5.74, 6) is 1.32. The van der Waals surface area contributed by atoms with Crippen LogP contribution in [0, 0.1) is 6.92 Å². The third-order valence-corrected chi connectivity index (χ3v) is 4.91. The first kappa shape index (κ1) is 16.0. The van der Waals surface area contributed by atoms with Gasteiger partial charge >= 0.3 is 0 Å². The van der Waals surface area contributed by atoms with Crippen LogP contribution in [-0.2, 0) is 16.6 Å². The molecule has 0 unspecified atom stereocenters. The molecule has 122 valence electrons. The Balaban J connectivity index is 1.68. The maximum absolute atomic E-state index is 12.2. The van der Waals surface area contributed by atoms with E-state index in [1.807, 2.05) is 34.7 Å². The summed E-state index contributed by atoms with van der Waals surface area (Å²) in [6.07, 6.45) is 0. The number of hydrogen-bond donors (Lipinski definition) is 0. The quantitative estimate of drug-likeness (QED) is 0.798. The van der Waals surface area contributed by atoms with Crippen LogP contribution in [0.3, 0.4) is 0 Å². The van der Waals surface area contributed by atoms with Crippen LogP contribution in [0.5, 0.6) is 0 Å². The van der Waals surface area contributed by atoms with Gasteiger partial charge in [-0.1, -0.05) is 36.0 Å². The van der Waals surface area contributed by atoms with Gasteiger partial charge in [0.05, 0.1) is 19.0 Å². The van der Waals surface area contributed by atoms with Crippen LogP contribution in [0.2, 0.25) is 0 Å². The number of hydrogen-bond acceptors (Lipinski definition) is 5. The zero-order chi connectivity index (χ0) is 16.2. The summed E-state index contributed by atoms with van der Waals surface area (Å²) in [6, 6.07) is 8.09. The third kappa shape index (κ3) is 3.56. The normalized spacial score (nSPS) is 15.0. The molecule has 0 bridgehead atoms. The molecular formula is C16H20N4O2S. The first-order chi connectivity index (χ1) is 11.2. The van der Waals surface area contributed by atoms with E-state index in [1.54, 1.807) is 0 Å². The lowest BCUT2D eigenvalue weighted by Crippen LogP contribution is -2.41. The molecule has 7 heteroatoms. The second kappa shape index (κ2) is 7.14. The number of rotatable bonds is 4. The molecular weight excluding hydrogens is 312 g/mol. The first-order valence-corrected chi connectivity index (χ1v) is 8.59. The lowest BCUT2D eigenvalue weighted by Gasteiger charge is -2.26. The largest absolute Gasteiger partial charge is 0.378 e. The Labute approximate surface area is 139 Å². The minimum absolute atomic E-state index is 0.124. The Morgan fingerprint density at radius 2 is 2.00 bits per heavy atom. The van der Waals surface area contributed by atoms with Crippen LogP contribution in [0.15, 0.2) is 29.4 Å². The molecule has 0 saturated carbocycles. The average Bonchev–Trinajstić information content (AvgIpc) is 2.94. The monoisotopic (exact) mass is 332 g/mol. The van der Waals surface area contributed by atoms with Crippen LogP contribution in [0.25, 0.3) is 11.4 Å². The molecule has 0 atom stereocenters. The zero-order valence-corrected chi connectivity index (χ0v) is 14.2. The van der Waals surface area contributed by atoms with Gasteiger partial charge in [-0.2, -0.15) is 0 Å². The molecule has 6 nitrogen and oxygen atoms in total. The fourth-order valence-electron chi connectivity index (χ4n) is 2.53. The second-order valence-electron chi connectivity index (χ2n) is 5.46. The standard InChI is InChI=1S/C16H20N4O2S/c1-12-5-3-4-6-13(12)15-17-18-16(19(15)2)23-11-14(21)20-7-9-22-10-8-20/h3-6H,7-11H2,1-2H3. The molecule has 2 aromatic rings. The lowest BCUT2D eigenvalue weighted by atomic mass is 10.1. The van der Waals surface area contributed by atoms with Crippen molar-refractivity contribution in [2.45, 2.75) is 12.1 Å². The molecule has 0 radical (unpaired) electrons. The van der Waals surface area contributed by atoms with E-state index in [0.29, 0.717) is 32.1 Å². The molecule has 1 fully saturated rings. The molecule has 1 aliphatic rings. The number of morpholine rings is 1. The summed E-state index contributed by atoms with van der Waals surface area (Å²) < 4.78 is 7.21. The summed E-state index contributed by atoms with van der Waals surface area (Å²) in [4.78, 5) is 14.0. The molecule has 0 N–H and O–H groups in total. The number of carbonyl (C=O) groups excluding carboxylic acids is 1. The molecule has 1 aromatic heterocycles. The summed E-state index contributed by atoms with van der Waals surface area (Å²) in [7, 11) is 1.93. The van der Waals surface area contributed by atoms with Gasteiger partial charge in [0.2, 0.25) is 5.91 Å². The predicted molar refractivity (Wildman–Crippen MR) is 89.3 cm³/mol. The van der Waals surface area contributed by atoms with Crippen molar-refractivity contribution in [3.63, 3.8) is 0 Å². The SMILES string of the molecule is Cc1ccccc1-c1nnc(SCC(=O)N2CCOCC2)n1C. The zero-order valence-electron chi connectivity index (χ0n) is 13.4. The van der Waals surface area contributed by atoms with E-state index < -0.39 is 0 Å². The fraction of sp³-hybridized carbons (Fsp3) is 0.438. The van der Waals surface area contributed by atoms with Crippen LogP contribution in [-0.4, -0.2) is 57.6 Å². The average molecular weight is 332 g/mol. The fourth-order valence-corrected chi connectivity index (χ4v) is 3.34. The molecule has 3 rings (SSSR count). The number of aromatic nitrogens is 3. The first-order valence-electron chi connectivity index (χ1n) is 7.60. The predicted octanol–water partition coefficient (Wildman–Crippen LogP) is 1.74. The van der Waals surface area contributed by atoms with Crippen LogP contribution in [0.4, 0.5) is 0 Å². The van der Waals surface area contributed by atoms with E-state index in [-0.39, 0.29) is 5.91 Å². The maximum Gasteiger partial charge on any atom is 0.233 e. The van der Waals surface area contributed by atoms with Gasteiger partial charge < -0.3 is 14.2 Å². The highest BCUT2D eigenvalue weighted by Gasteiger charge is 2.19. The van der Waals surface area contributed by atoms with Gasteiger partial charge in [0, 0.05) is 25.7 Å². The Hall–Kier alpha value is -1.86. The third-order valence-electron chi connectivity index (χ3n) is 3.91. The van der Waals surface area contributed by atoms with Gasteiger partial charge in [-0.15, -0.1) is 10.2 Å². The van der Waals surface area contributed by atoms with Gasteiger partial charge in [0.25, 0.3) is 0 Å². The van der Waals surface area contributed by atoms with Crippen molar-refractivity contribution < 1.29 is 9.53 Å². The van der Waals surface area contributed by atoms with Crippen LogP contribution < -0.4 is 0 Å². The number of aryl methyl sites for hydroxylation is 1. The number of benzene rings is 1. The van der Waals surface area contributed by atoms with Crippen LogP contribution in [0.1, 0.15) is 5.56 Å². The van der Waals surface area contributed by atoms with Crippen molar-refractivity contribution in [1.29, 1.82) is 0 Å². The minimum Gasteiger partial charge on any atom is -0.378 e. The van der Waals surface area contributed by atoms with Crippen LogP contribution >= 0.6 is 11.8 Å². The van der Waals surface area contributed by atoms with E-state index in [0.717, 1.165) is 22.1 Å². The highest BCUT2D eigenvalue weighted by atomic mass is 32.2. The summed E-state index contributed by atoms with van der Waals surface area (Å²) in [6.45, 7) is 4.65. The minimum atomic E-state index is 0.124. The van der Waals surface area contributed by atoms with E-state index in [4.69, 9.17) is 4.74 Å². The van der Waals surface area contributed by atoms with E-state index in [2.05, 4.69) is 23.2 Å². The summed E-state index contributed by atoms with van der Waals surface area (Å²) in [5.41, 5.74) is 2.22. The number of ether oxygens (including phenoxy) is 1. The highest BCUT2D eigenvalue weighted by Crippen LogP contribution is 2.25. The Bertz CT molecular complexity index is 695. The smallest absolute Gasteiger partial charge is 0.233 e. The lowest BCUT2D eigenvalue weighted by molar-refractivity contribution is -0.132. The van der Waals surface area contributed by atoms with E-state index in [9.17, 15) is 4.79 Å². The van der Waals surface area contributed by atoms with Crippen molar-refractivity contribution in [1.82, 2.24) is 19.7 Å². The summed E-state index contributed by atoms with van der Waals surface area (Å²) in [5, 5.41) is 9.27. The topological polar surface area (TPSA) is 60.3 Å². The number of carbonyl (C=O) groups is 1. The Kier molecular flexibility index (Phi) is 4.97. The molecule has 0 aliphatic carbocycles. The molecule has 1 aliphatic heterocycles. The summed E-state index contributed by atoms with van der Waals surface area (Å²) >= 11 is 1.43. The van der Waals surface area contributed by atoms with Gasteiger partial charge in [0.1, 0.15) is 0 Å². The van der Waals surface area contributed by atoms with E-state index in [1.165, 1.54) is 11.8 Å². The van der Waals surface area contributed by atoms with Crippen molar-refractivity contribution in [2.24, 2.45) is 7.05 Å². The van der Waals surface area contributed by atoms with E-state index >= 15 is 0 Å². The second-order valence-corrected chi connectivity index (χ2v) is 6.40. The molecule has 1 aromatic carbocycles. The molecule has 0 spiro atoms. The van der Waals surface area contributed by atoms with Gasteiger partial charge in [-0.3, -0.25) is 4.79 Å². The Morgan fingerprint density at radius 3 is 2.74 bits per heavy atom. The van der Waals surface area contributed by atoms with Crippen molar-refractivity contribution in [2.75, 3.05) is 32.1 Å². The Morgan fingerprint density at radius 1 is 1.26 bits per heavy atom. The van der Waals surface area contributed by atoms with Crippen molar-refractivity contribution >= 4 is 17.7 Å². The number of nitrogens with zero attached hydrogens (tertiary/aromatic N) is 4. The molecule has 1 amide bonds. The maximum atomic E-state index is 12.2. The van der Waals surface area contributed by atoms with Gasteiger partial charge in [0.15, 0.2) is 11.0 Å².